The highest BCUT2D eigenvalue weighted by molar-refractivity contribution is 6.03. The third-order valence-electron chi connectivity index (χ3n) is 15.1. The third kappa shape index (κ3) is 4.77. The molecule has 0 amide bonds. The Morgan fingerprint density at radius 2 is 0.651 bits per heavy atom. The van der Waals surface area contributed by atoms with Gasteiger partial charge in [0.15, 0.2) is 0 Å². The van der Waals surface area contributed by atoms with Crippen molar-refractivity contribution in [3.8, 4) is 55.6 Å². The average Bonchev–Trinajstić information content (AvgIpc) is 3.95. The monoisotopic (exact) mass is 809 g/mol. The Hall–Kier alpha value is -7.22. The van der Waals surface area contributed by atoms with Crippen molar-refractivity contribution in [2.24, 2.45) is 0 Å². The molecular formula is C62H51N. The van der Waals surface area contributed by atoms with E-state index in [-0.39, 0.29) is 19.7 Å². The van der Waals surface area contributed by atoms with Crippen molar-refractivity contribution < 1.29 is 1.43 Å². The quantitative estimate of drug-likeness (QED) is 0.171. The molecule has 1 nitrogen and oxygen atoms in total. The van der Waals surface area contributed by atoms with Crippen LogP contribution in [0.3, 0.4) is 0 Å². The third-order valence-corrected chi connectivity index (χ3v) is 15.1. The number of rotatable bonds is 4. The van der Waals surface area contributed by atoms with Gasteiger partial charge >= 0.3 is 0 Å². The maximum Gasteiger partial charge on any atom is 0.0725 e. The summed E-state index contributed by atoms with van der Waals surface area (Å²) in [6.45, 7) is 9.53. The number of anilines is 3. The normalized spacial score (nSPS) is 15.2. The molecule has 0 aromatic heterocycles. The van der Waals surface area contributed by atoms with Gasteiger partial charge in [0.05, 0.1) is 11.1 Å². The fraction of sp³-hybridized carbons (Fsp3) is 0.129. The Morgan fingerprint density at radius 3 is 1.16 bits per heavy atom. The fourth-order valence-electron chi connectivity index (χ4n) is 12.4. The molecule has 4 aliphatic carbocycles. The second kappa shape index (κ2) is 13.1. The zero-order valence-electron chi connectivity index (χ0n) is 35.5. The van der Waals surface area contributed by atoms with Crippen molar-refractivity contribution in [3.63, 3.8) is 0 Å². The molecule has 63 heavy (non-hydrogen) atoms. The lowest BCUT2D eigenvalue weighted by Crippen LogP contribution is -2.25. The molecule has 0 saturated heterocycles. The van der Waals surface area contributed by atoms with Crippen molar-refractivity contribution in [2.75, 3.05) is 4.90 Å². The number of hydrogen-bond donors (Lipinski definition) is 0. The lowest BCUT2D eigenvalue weighted by molar-refractivity contribution is 0.660. The highest BCUT2D eigenvalue weighted by Crippen LogP contribution is 2.64. The highest BCUT2D eigenvalue weighted by atomic mass is 15.1. The van der Waals surface area contributed by atoms with Crippen molar-refractivity contribution in [2.45, 2.75) is 51.4 Å². The number of para-hydroxylation sites is 1. The van der Waals surface area contributed by atoms with Gasteiger partial charge in [-0.15, -0.1) is 0 Å². The number of hydrogen-bond acceptors (Lipinski definition) is 1. The van der Waals surface area contributed by atoms with Gasteiger partial charge in [-0.3, -0.25) is 0 Å². The smallest absolute Gasteiger partial charge is 0.0725 e. The Balaban J connectivity index is 0.00000228. The van der Waals surface area contributed by atoms with Gasteiger partial charge in [-0.2, -0.15) is 0 Å². The predicted molar refractivity (Wildman–Crippen MR) is 267 cm³/mol. The molecule has 9 aromatic rings. The molecule has 0 atom stereocenters. The van der Waals surface area contributed by atoms with E-state index in [1.54, 1.807) is 0 Å². The van der Waals surface area contributed by atoms with Gasteiger partial charge in [0.2, 0.25) is 0 Å². The van der Waals surface area contributed by atoms with Crippen LogP contribution in [-0.4, -0.2) is 0 Å². The highest BCUT2D eigenvalue weighted by Gasteiger charge is 2.52. The van der Waals surface area contributed by atoms with Crippen molar-refractivity contribution >= 4 is 17.1 Å². The lowest BCUT2D eigenvalue weighted by Gasteiger charge is -2.32. The van der Waals surface area contributed by atoms with Crippen LogP contribution in [0.4, 0.5) is 17.1 Å². The molecule has 13 rings (SSSR count). The zero-order chi connectivity index (χ0) is 41.5. The number of benzene rings is 9. The molecule has 0 bridgehead atoms. The SMILES string of the molecule is C.CC1(C)c2ccccc2-c2ccc(N(c3ccc4c(c3)C(C)(C)c3ccccc3-4)c3ccccc3-c3cccc4c3-c3ccccc3C43c4ccccc4-c4ccccc43)cc21.[HH]. The molecule has 0 radical (unpaired) electrons. The molecule has 0 N–H and O–H groups in total. The van der Waals surface area contributed by atoms with E-state index < -0.39 is 5.41 Å². The maximum absolute atomic E-state index is 2.55. The molecule has 9 aromatic carbocycles. The minimum atomic E-state index is -0.412. The van der Waals surface area contributed by atoms with Gasteiger partial charge in [0.1, 0.15) is 0 Å². The second-order valence-corrected chi connectivity index (χ2v) is 18.8. The summed E-state index contributed by atoms with van der Waals surface area (Å²) in [5.41, 5.74) is 26.8. The number of fused-ring (bicyclic) bond motifs is 16. The van der Waals surface area contributed by atoms with Crippen molar-refractivity contribution in [1.82, 2.24) is 0 Å². The molecule has 0 heterocycles. The fourth-order valence-corrected chi connectivity index (χ4v) is 12.4. The molecule has 0 aliphatic heterocycles. The summed E-state index contributed by atoms with van der Waals surface area (Å²) < 4.78 is 0. The molecular weight excluding hydrogens is 759 g/mol. The Bertz CT molecular complexity index is 3230. The summed E-state index contributed by atoms with van der Waals surface area (Å²) in [7, 11) is 0. The second-order valence-electron chi connectivity index (χ2n) is 18.8. The first-order valence-corrected chi connectivity index (χ1v) is 22.1. The van der Waals surface area contributed by atoms with Crippen LogP contribution < -0.4 is 4.90 Å². The van der Waals surface area contributed by atoms with Gasteiger partial charge < -0.3 is 4.90 Å². The first-order chi connectivity index (χ1) is 30.3. The van der Waals surface area contributed by atoms with E-state index in [1.165, 1.54) is 100 Å². The Labute approximate surface area is 373 Å². The lowest BCUT2D eigenvalue weighted by atomic mass is 9.70. The molecule has 0 saturated carbocycles. The molecule has 0 unspecified atom stereocenters. The van der Waals surface area contributed by atoms with Gasteiger partial charge in [0.25, 0.3) is 0 Å². The summed E-state index contributed by atoms with van der Waals surface area (Å²) in [5, 5.41) is 0. The summed E-state index contributed by atoms with van der Waals surface area (Å²) >= 11 is 0. The van der Waals surface area contributed by atoms with E-state index >= 15 is 0 Å². The number of nitrogens with zero attached hydrogens (tertiary/aromatic N) is 1. The van der Waals surface area contributed by atoms with E-state index in [1.807, 2.05) is 0 Å². The molecule has 304 valence electrons. The van der Waals surface area contributed by atoms with E-state index in [4.69, 9.17) is 0 Å². The van der Waals surface area contributed by atoms with Crippen LogP contribution in [0.15, 0.2) is 200 Å². The van der Waals surface area contributed by atoms with E-state index in [0.717, 1.165) is 17.1 Å². The van der Waals surface area contributed by atoms with Crippen LogP contribution in [0.25, 0.3) is 55.6 Å². The summed E-state index contributed by atoms with van der Waals surface area (Å²) in [6, 6.07) is 75.9. The summed E-state index contributed by atoms with van der Waals surface area (Å²) in [4.78, 5) is 2.55. The van der Waals surface area contributed by atoms with E-state index in [0.29, 0.717) is 0 Å². The largest absolute Gasteiger partial charge is 0.310 e. The van der Waals surface area contributed by atoms with E-state index in [9.17, 15) is 0 Å². The maximum atomic E-state index is 2.55. The van der Waals surface area contributed by atoms with Crippen LogP contribution in [0.5, 0.6) is 0 Å². The molecule has 1 heteroatoms. The van der Waals surface area contributed by atoms with Gasteiger partial charge in [0, 0.05) is 29.2 Å². The first kappa shape index (κ1) is 37.5. The van der Waals surface area contributed by atoms with Crippen LogP contribution in [0, 0.1) is 0 Å². The molecule has 4 aliphatic rings. The van der Waals surface area contributed by atoms with Crippen molar-refractivity contribution in [1.29, 1.82) is 0 Å². The zero-order valence-corrected chi connectivity index (χ0v) is 35.5. The average molecular weight is 810 g/mol. The Kier molecular flexibility index (Phi) is 7.83. The van der Waals surface area contributed by atoms with Crippen LogP contribution in [0.1, 0.15) is 81.1 Å². The predicted octanol–water partition coefficient (Wildman–Crippen LogP) is 16.7. The first-order valence-electron chi connectivity index (χ1n) is 22.1. The van der Waals surface area contributed by atoms with Crippen LogP contribution in [-0.2, 0) is 16.2 Å². The van der Waals surface area contributed by atoms with Crippen molar-refractivity contribution in [3.05, 3.63) is 245 Å². The Morgan fingerprint density at radius 1 is 0.302 bits per heavy atom. The standard InChI is InChI=1S/C61H45N.CH4.H2/c1-59(2)49-25-11-5-18-40(49)44-34-32-38(36-55(44)59)62(39-33-35-45-41-19-6-12-26-50(41)60(3,4)56(45)37-39)57-31-16-10-22-46(57)47-24-17-30-54-58(47)48-23-9-15-29-53(48)61(54)51-27-13-7-20-42(51)43-21-8-14-28-52(43)61;;/h5-37H,1-4H3;1H4;1H. The van der Waals surface area contributed by atoms with Gasteiger partial charge in [-0.1, -0.05) is 205 Å². The van der Waals surface area contributed by atoms with Gasteiger partial charge in [-0.25, -0.2) is 0 Å². The molecule has 0 fully saturated rings. The van der Waals surface area contributed by atoms with Crippen LogP contribution >= 0.6 is 0 Å². The van der Waals surface area contributed by atoms with E-state index in [2.05, 4.69) is 233 Å². The van der Waals surface area contributed by atoms with Gasteiger partial charge in [-0.05, 0) is 125 Å². The minimum Gasteiger partial charge on any atom is -0.310 e. The summed E-state index contributed by atoms with van der Waals surface area (Å²) in [6.07, 6.45) is 0. The molecule has 1 spiro atoms. The topological polar surface area (TPSA) is 3.24 Å². The van der Waals surface area contributed by atoms with Crippen LogP contribution in [0.2, 0.25) is 0 Å². The summed E-state index contributed by atoms with van der Waals surface area (Å²) in [5.74, 6) is 0. The minimum absolute atomic E-state index is 0.